The van der Waals surface area contributed by atoms with E-state index in [4.69, 9.17) is 22.8 Å². The molecule has 0 saturated heterocycles. The molecule has 0 heterocycles. The number of hydrogen-bond acceptors (Lipinski definition) is 8. The second-order valence-corrected chi connectivity index (χ2v) is 8.52. The number of carbonyl (C=O) groups is 3. The Morgan fingerprint density at radius 1 is 0.964 bits per heavy atom. The standard InChI is InChI=1S/C18H25NO8Si/c1-13(2)17(21)26-10-11-27-18(22)15-9-7-6-8-14(15)16(20)19-12-28(23-3,24-4)25-5/h6-9H,1,10-12H2,2-5H3,(H,19,20). The minimum Gasteiger partial charge on any atom is -0.459 e. The van der Waals surface area contributed by atoms with Gasteiger partial charge >= 0.3 is 20.7 Å². The van der Waals surface area contributed by atoms with Crippen LogP contribution in [0.1, 0.15) is 27.6 Å². The highest BCUT2D eigenvalue weighted by atomic mass is 28.4. The fourth-order valence-corrected chi connectivity index (χ4v) is 3.39. The first-order valence-electron chi connectivity index (χ1n) is 8.32. The van der Waals surface area contributed by atoms with Gasteiger partial charge in [0.25, 0.3) is 5.91 Å². The number of amides is 1. The minimum absolute atomic E-state index is 0.0234. The maximum Gasteiger partial charge on any atom is 0.520 e. The predicted molar refractivity (Wildman–Crippen MR) is 102 cm³/mol. The third-order valence-electron chi connectivity index (χ3n) is 3.69. The van der Waals surface area contributed by atoms with Gasteiger partial charge < -0.3 is 28.1 Å². The summed E-state index contributed by atoms with van der Waals surface area (Å²) in [5.74, 6) is -1.80. The summed E-state index contributed by atoms with van der Waals surface area (Å²) in [7, 11) is 1.28. The van der Waals surface area contributed by atoms with Crippen LogP contribution in [0.4, 0.5) is 0 Å². The van der Waals surface area contributed by atoms with Crippen LogP contribution in [0.3, 0.4) is 0 Å². The largest absolute Gasteiger partial charge is 0.520 e. The molecule has 0 saturated carbocycles. The number of ether oxygens (including phenoxy) is 2. The second-order valence-electron chi connectivity index (χ2n) is 5.58. The Hall–Kier alpha value is -2.53. The molecule has 0 spiro atoms. The highest BCUT2D eigenvalue weighted by molar-refractivity contribution is 6.61. The van der Waals surface area contributed by atoms with Gasteiger partial charge in [-0.1, -0.05) is 18.7 Å². The summed E-state index contributed by atoms with van der Waals surface area (Å²) in [6.45, 7) is 4.69. The first-order valence-corrected chi connectivity index (χ1v) is 10.3. The van der Waals surface area contributed by atoms with Crippen LogP contribution in [0.2, 0.25) is 0 Å². The molecule has 0 atom stereocenters. The third kappa shape index (κ3) is 6.57. The SMILES string of the molecule is C=C(C)C(=O)OCCOC(=O)c1ccccc1C(=O)NC[Si](OC)(OC)OC. The molecule has 1 amide bonds. The van der Waals surface area contributed by atoms with E-state index < -0.39 is 26.7 Å². The molecule has 0 aliphatic heterocycles. The molecular formula is C18H25NO8Si. The van der Waals surface area contributed by atoms with E-state index in [-0.39, 0.29) is 36.1 Å². The lowest BCUT2D eigenvalue weighted by Gasteiger charge is -2.24. The predicted octanol–water partition coefficient (Wildman–Crippen LogP) is 1.11. The van der Waals surface area contributed by atoms with Crippen molar-refractivity contribution in [3.63, 3.8) is 0 Å². The normalized spacial score (nSPS) is 10.9. The summed E-state index contributed by atoms with van der Waals surface area (Å²) in [5.41, 5.74) is 0.444. The summed E-state index contributed by atoms with van der Waals surface area (Å²) in [6.07, 6.45) is 0.0234. The summed E-state index contributed by atoms with van der Waals surface area (Å²) in [4.78, 5) is 36.1. The van der Waals surface area contributed by atoms with Crippen molar-refractivity contribution in [3.8, 4) is 0 Å². The van der Waals surface area contributed by atoms with Crippen molar-refractivity contribution >= 4 is 26.7 Å². The van der Waals surface area contributed by atoms with Crippen molar-refractivity contribution < 1.29 is 37.1 Å². The highest BCUT2D eigenvalue weighted by Gasteiger charge is 2.38. The van der Waals surface area contributed by atoms with E-state index in [2.05, 4.69) is 11.9 Å². The lowest BCUT2D eigenvalue weighted by atomic mass is 10.1. The molecule has 1 rings (SSSR count). The second kappa shape index (κ2) is 11.3. The molecule has 0 bridgehead atoms. The molecule has 10 heteroatoms. The average molecular weight is 411 g/mol. The maximum absolute atomic E-state index is 12.5. The Labute approximate surface area is 164 Å². The van der Waals surface area contributed by atoms with E-state index in [1.54, 1.807) is 12.1 Å². The van der Waals surface area contributed by atoms with E-state index in [9.17, 15) is 14.4 Å². The van der Waals surface area contributed by atoms with Gasteiger partial charge in [0.1, 0.15) is 13.2 Å². The van der Waals surface area contributed by atoms with Gasteiger partial charge in [0.05, 0.1) is 17.3 Å². The van der Waals surface area contributed by atoms with Crippen molar-refractivity contribution in [1.29, 1.82) is 0 Å². The molecule has 0 aliphatic carbocycles. The monoisotopic (exact) mass is 411 g/mol. The molecule has 28 heavy (non-hydrogen) atoms. The topological polar surface area (TPSA) is 109 Å². The number of carbonyl (C=O) groups excluding carboxylic acids is 3. The molecule has 0 radical (unpaired) electrons. The zero-order chi connectivity index (χ0) is 21.2. The molecule has 1 aromatic rings. The van der Waals surface area contributed by atoms with Crippen molar-refractivity contribution in [2.45, 2.75) is 6.92 Å². The lowest BCUT2D eigenvalue weighted by molar-refractivity contribution is -0.140. The molecule has 9 nitrogen and oxygen atoms in total. The Morgan fingerprint density at radius 3 is 2.04 bits per heavy atom. The van der Waals surface area contributed by atoms with E-state index in [1.165, 1.54) is 40.4 Å². The van der Waals surface area contributed by atoms with Gasteiger partial charge in [-0.3, -0.25) is 4.79 Å². The maximum atomic E-state index is 12.5. The van der Waals surface area contributed by atoms with Crippen LogP contribution in [0.25, 0.3) is 0 Å². The molecule has 0 fully saturated rings. The van der Waals surface area contributed by atoms with Gasteiger partial charge in [-0.2, -0.15) is 0 Å². The smallest absolute Gasteiger partial charge is 0.459 e. The van der Waals surface area contributed by atoms with Crippen molar-refractivity contribution in [1.82, 2.24) is 5.32 Å². The summed E-state index contributed by atoms with van der Waals surface area (Å²) in [6, 6.07) is 6.18. The fourth-order valence-electron chi connectivity index (χ4n) is 2.08. The summed E-state index contributed by atoms with van der Waals surface area (Å²) >= 11 is 0. The zero-order valence-corrected chi connectivity index (χ0v) is 17.4. The van der Waals surface area contributed by atoms with Crippen LogP contribution in [-0.4, -0.2) is 67.4 Å². The lowest BCUT2D eigenvalue weighted by Crippen LogP contribution is -2.53. The minimum atomic E-state index is -3.01. The van der Waals surface area contributed by atoms with E-state index in [0.29, 0.717) is 0 Å². The van der Waals surface area contributed by atoms with E-state index in [0.717, 1.165) is 0 Å². The number of hydrogen-bond donors (Lipinski definition) is 1. The van der Waals surface area contributed by atoms with Crippen LogP contribution >= 0.6 is 0 Å². The summed E-state index contributed by atoms with van der Waals surface area (Å²) in [5, 5.41) is 2.64. The molecular weight excluding hydrogens is 386 g/mol. The van der Waals surface area contributed by atoms with Crippen molar-refractivity contribution in [2.24, 2.45) is 0 Å². The quantitative estimate of drug-likeness (QED) is 0.250. The Bertz CT molecular complexity index is 709. The van der Waals surface area contributed by atoms with Gasteiger partial charge in [0, 0.05) is 26.9 Å². The first-order chi connectivity index (χ1) is 13.3. The number of nitrogens with one attached hydrogen (secondary N) is 1. The van der Waals surface area contributed by atoms with Gasteiger partial charge in [-0.25, -0.2) is 9.59 Å². The van der Waals surface area contributed by atoms with Crippen LogP contribution < -0.4 is 5.32 Å². The van der Waals surface area contributed by atoms with Crippen LogP contribution in [0.5, 0.6) is 0 Å². The van der Waals surface area contributed by atoms with Crippen LogP contribution in [0, 0.1) is 0 Å². The first kappa shape index (κ1) is 23.5. The van der Waals surface area contributed by atoms with E-state index >= 15 is 0 Å². The Morgan fingerprint density at radius 2 is 1.50 bits per heavy atom. The average Bonchev–Trinajstić information content (AvgIpc) is 2.72. The van der Waals surface area contributed by atoms with Gasteiger partial charge in [-0.15, -0.1) is 0 Å². The third-order valence-corrected chi connectivity index (χ3v) is 6.16. The van der Waals surface area contributed by atoms with Crippen LogP contribution in [0.15, 0.2) is 36.4 Å². The van der Waals surface area contributed by atoms with Crippen molar-refractivity contribution in [2.75, 3.05) is 40.7 Å². The highest BCUT2D eigenvalue weighted by Crippen LogP contribution is 2.12. The van der Waals surface area contributed by atoms with Crippen LogP contribution in [-0.2, 0) is 27.5 Å². The van der Waals surface area contributed by atoms with Crippen molar-refractivity contribution in [3.05, 3.63) is 47.5 Å². The molecule has 0 unspecified atom stereocenters. The number of esters is 2. The van der Waals surface area contributed by atoms with Gasteiger partial charge in [-0.05, 0) is 19.1 Å². The fraction of sp³-hybridized carbons (Fsp3) is 0.389. The van der Waals surface area contributed by atoms with Gasteiger partial charge in [0.15, 0.2) is 0 Å². The molecule has 0 aromatic heterocycles. The number of benzene rings is 1. The molecule has 1 N–H and O–H groups in total. The molecule has 1 aromatic carbocycles. The summed E-state index contributed by atoms with van der Waals surface area (Å²) < 4.78 is 25.6. The number of rotatable bonds is 11. The molecule has 154 valence electrons. The van der Waals surface area contributed by atoms with Gasteiger partial charge in [0.2, 0.25) is 0 Å². The Kier molecular flexibility index (Phi) is 9.52. The zero-order valence-electron chi connectivity index (χ0n) is 16.4. The molecule has 0 aliphatic rings. The van der Waals surface area contributed by atoms with E-state index in [1.807, 2.05) is 0 Å². The Balaban J connectivity index is 2.73.